The highest BCUT2D eigenvalue weighted by Gasteiger charge is 2.12. The molecule has 1 fully saturated rings. The standard InChI is InChI=1S/C14H30N2O2/c1-16(10-13-18-12-5-11-17-2)9-7-14-6-3-4-8-15-14/h14-15H,3-13H2,1-2H3. The Bertz CT molecular complexity index is 185. The molecule has 1 aliphatic rings. The second kappa shape index (κ2) is 10.7. The number of likely N-dealkylation sites (N-methyl/N-ethyl adjacent to an activating group) is 1. The summed E-state index contributed by atoms with van der Waals surface area (Å²) >= 11 is 0. The van der Waals surface area contributed by atoms with Crippen LogP contribution in [0.25, 0.3) is 0 Å². The number of nitrogens with one attached hydrogen (secondary N) is 1. The maximum atomic E-state index is 5.56. The molecule has 0 aromatic heterocycles. The summed E-state index contributed by atoms with van der Waals surface area (Å²) < 4.78 is 10.5. The van der Waals surface area contributed by atoms with Gasteiger partial charge in [-0.25, -0.2) is 0 Å². The Balaban J connectivity index is 1.88. The van der Waals surface area contributed by atoms with E-state index in [4.69, 9.17) is 9.47 Å². The predicted molar refractivity (Wildman–Crippen MR) is 75.1 cm³/mol. The van der Waals surface area contributed by atoms with Crippen molar-refractivity contribution in [3.8, 4) is 0 Å². The van der Waals surface area contributed by atoms with E-state index in [9.17, 15) is 0 Å². The van der Waals surface area contributed by atoms with Crippen LogP contribution in [0, 0.1) is 0 Å². The van der Waals surface area contributed by atoms with Gasteiger partial charge in [-0.2, -0.15) is 0 Å². The molecular weight excluding hydrogens is 228 g/mol. The molecule has 1 saturated heterocycles. The molecule has 1 heterocycles. The zero-order chi connectivity index (χ0) is 13.1. The molecule has 1 aliphatic heterocycles. The van der Waals surface area contributed by atoms with Crippen LogP contribution < -0.4 is 5.32 Å². The van der Waals surface area contributed by atoms with E-state index in [2.05, 4.69) is 17.3 Å². The summed E-state index contributed by atoms with van der Waals surface area (Å²) in [5, 5.41) is 3.59. The third kappa shape index (κ3) is 8.03. The van der Waals surface area contributed by atoms with Crippen LogP contribution in [0.5, 0.6) is 0 Å². The molecule has 0 aromatic rings. The first-order valence-electron chi connectivity index (χ1n) is 7.31. The minimum Gasteiger partial charge on any atom is -0.385 e. The van der Waals surface area contributed by atoms with E-state index >= 15 is 0 Å². The third-order valence-corrected chi connectivity index (χ3v) is 3.53. The predicted octanol–water partition coefficient (Wildman–Crippen LogP) is 1.50. The number of hydrogen-bond donors (Lipinski definition) is 1. The zero-order valence-corrected chi connectivity index (χ0v) is 12.1. The fourth-order valence-corrected chi connectivity index (χ4v) is 2.29. The second-order valence-electron chi connectivity index (χ2n) is 5.20. The van der Waals surface area contributed by atoms with Crippen LogP contribution in [0.2, 0.25) is 0 Å². The largest absolute Gasteiger partial charge is 0.385 e. The second-order valence-corrected chi connectivity index (χ2v) is 5.20. The molecule has 1 atom stereocenters. The Morgan fingerprint density at radius 1 is 1.17 bits per heavy atom. The maximum Gasteiger partial charge on any atom is 0.0593 e. The van der Waals surface area contributed by atoms with Crippen molar-refractivity contribution in [2.24, 2.45) is 0 Å². The molecule has 108 valence electrons. The van der Waals surface area contributed by atoms with Crippen molar-refractivity contribution in [3.05, 3.63) is 0 Å². The molecule has 4 heteroatoms. The van der Waals surface area contributed by atoms with Gasteiger partial charge in [0.2, 0.25) is 0 Å². The molecule has 0 aliphatic carbocycles. The Kier molecular flexibility index (Phi) is 9.48. The van der Waals surface area contributed by atoms with E-state index in [0.717, 1.165) is 38.8 Å². The number of nitrogens with zero attached hydrogens (tertiary/aromatic N) is 1. The van der Waals surface area contributed by atoms with E-state index < -0.39 is 0 Å². The molecule has 18 heavy (non-hydrogen) atoms. The lowest BCUT2D eigenvalue weighted by molar-refractivity contribution is 0.0878. The van der Waals surface area contributed by atoms with E-state index in [1.165, 1.54) is 38.8 Å². The van der Waals surface area contributed by atoms with E-state index in [1.807, 2.05) is 0 Å². The van der Waals surface area contributed by atoms with Crippen LogP contribution in [-0.2, 0) is 9.47 Å². The van der Waals surface area contributed by atoms with Crippen LogP contribution >= 0.6 is 0 Å². The van der Waals surface area contributed by atoms with E-state index in [0.29, 0.717) is 0 Å². The summed E-state index contributed by atoms with van der Waals surface area (Å²) in [6, 6.07) is 0.740. The molecular formula is C14H30N2O2. The van der Waals surface area contributed by atoms with Gasteiger partial charge >= 0.3 is 0 Å². The summed E-state index contributed by atoms with van der Waals surface area (Å²) in [7, 11) is 3.91. The lowest BCUT2D eigenvalue weighted by Gasteiger charge is -2.25. The maximum absolute atomic E-state index is 5.56. The van der Waals surface area contributed by atoms with Gasteiger partial charge in [-0.3, -0.25) is 0 Å². The summed E-state index contributed by atoms with van der Waals surface area (Å²) in [6.45, 7) is 5.84. The smallest absolute Gasteiger partial charge is 0.0593 e. The van der Waals surface area contributed by atoms with Gasteiger partial charge in [-0.1, -0.05) is 6.42 Å². The van der Waals surface area contributed by atoms with Crippen molar-refractivity contribution < 1.29 is 9.47 Å². The quantitative estimate of drug-likeness (QED) is 0.602. The Morgan fingerprint density at radius 2 is 2.06 bits per heavy atom. The molecule has 4 nitrogen and oxygen atoms in total. The van der Waals surface area contributed by atoms with Gasteiger partial charge < -0.3 is 19.7 Å². The van der Waals surface area contributed by atoms with Crippen LogP contribution in [-0.4, -0.2) is 64.6 Å². The van der Waals surface area contributed by atoms with Crippen LogP contribution in [0.3, 0.4) is 0 Å². The van der Waals surface area contributed by atoms with Gasteiger partial charge in [-0.05, 0) is 45.8 Å². The minimum absolute atomic E-state index is 0.740. The fraction of sp³-hybridized carbons (Fsp3) is 1.00. The van der Waals surface area contributed by atoms with Crippen molar-refractivity contribution in [2.75, 3.05) is 53.6 Å². The highest BCUT2D eigenvalue weighted by Crippen LogP contribution is 2.10. The van der Waals surface area contributed by atoms with Crippen molar-refractivity contribution in [1.82, 2.24) is 10.2 Å². The van der Waals surface area contributed by atoms with Crippen molar-refractivity contribution >= 4 is 0 Å². The number of hydrogen-bond acceptors (Lipinski definition) is 4. The molecule has 0 radical (unpaired) electrons. The zero-order valence-electron chi connectivity index (χ0n) is 12.1. The van der Waals surface area contributed by atoms with Gasteiger partial charge in [0.15, 0.2) is 0 Å². The van der Waals surface area contributed by atoms with Crippen LogP contribution in [0.15, 0.2) is 0 Å². The molecule has 0 saturated carbocycles. The Morgan fingerprint density at radius 3 is 2.78 bits per heavy atom. The highest BCUT2D eigenvalue weighted by atomic mass is 16.5. The van der Waals surface area contributed by atoms with Crippen LogP contribution in [0.4, 0.5) is 0 Å². The number of ether oxygens (including phenoxy) is 2. The van der Waals surface area contributed by atoms with E-state index in [1.54, 1.807) is 7.11 Å². The normalized spacial score (nSPS) is 20.5. The summed E-state index contributed by atoms with van der Waals surface area (Å²) in [5.41, 5.74) is 0. The van der Waals surface area contributed by atoms with Crippen molar-refractivity contribution in [2.45, 2.75) is 38.1 Å². The number of rotatable bonds is 10. The fourth-order valence-electron chi connectivity index (χ4n) is 2.29. The average Bonchev–Trinajstić information content (AvgIpc) is 2.41. The van der Waals surface area contributed by atoms with Crippen LogP contribution in [0.1, 0.15) is 32.1 Å². The summed E-state index contributed by atoms with van der Waals surface area (Å²) in [6.07, 6.45) is 6.35. The Labute approximate surface area is 112 Å². The third-order valence-electron chi connectivity index (χ3n) is 3.53. The molecule has 0 spiro atoms. The SMILES string of the molecule is COCCCOCCN(C)CCC1CCCCN1. The monoisotopic (exact) mass is 258 g/mol. The topological polar surface area (TPSA) is 33.7 Å². The molecule has 1 unspecified atom stereocenters. The first-order chi connectivity index (χ1) is 8.83. The lowest BCUT2D eigenvalue weighted by Crippen LogP contribution is -2.37. The van der Waals surface area contributed by atoms with Gasteiger partial charge in [0.25, 0.3) is 0 Å². The number of piperidine rings is 1. The average molecular weight is 258 g/mol. The van der Waals surface area contributed by atoms with Crippen molar-refractivity contribution in [3.63, 3.8) is 0 Å². The Hall–Kier alpha value is -0.160. The van der Waals surface area contributed by atoms with Gasteiger partial charge in [0, 0.05) is 32.9 Å². The summed E-state index contributed by atoms with van der Waals surface area (Å²) in [4.78, 5) is 2.37. The minimum atomic E-state index is 0.740. The van der Waals surface area contributed by atoms with Gasteiger partial charge in [-0.15, -0.1) is 0 Å². The summed E-state index contributed by atoms with van der Waals surface area (Å²) in [5.74, 6) is 0. The first kappa shape index (κ1) is 15.9. The molecule has 1 rings (SSSR count). The first-order valence-corrected chi connectivity index (χ1v) is 7.31. The van der Waals surface area contributed by atoms with Gasteiger partial charge in [0.05, 0.1) is 6.61 Å². The molecule has 0 bridgehead atoms. The number of methoxy groups -OCH3 is 1. The highest BCUT2D eigenvalue weighted by molar-refractivity contribution is 4.73. The molecule has 0 amide bonds. The molecule has 1 N–H and O–H groups in total. The van der Waals surface area contributed by atoms with Gasteiger partial charge in [0.1, 0.15) is 0 Å². The molecule has 0 aromatic carbocycles. The van der Waals surface area contributed by atoms with E-state index in [-0.39, 0.29) is 0 Å². The van der Waals surface area contributed by atoms with Crippen molar-refractivity contribution in [1.29, 1.82) is 0 Å². The lowest BCUT2D eigenvalue weighted by atomic mass is 10.0.